The molecule has 0 aliphatic heterocycles. The molecule has 3 aromatic heterocycles. The van der Waals surface area contributed by atoms with E-state index >= 15 is 0 Å². The Morgan fingerprint density at radius 2 is 1.32 bits per heavy atom. The largest absolute Gasteiger partial charge is 0.293 e. The van der Waals surface area contributed by atoms with Crippen molar-refractivity contribution < 1.29 is 0 Å². The summed E-state index contributed by atoms with van der Waals surface area (Å²) in [4.78, 5) is 15.4. The van der Waals surface area contributed by atoms with Gasteiger partial charge in [-0.3, -0.25) is 9.55 Å². The fourth-order valence-corrected chi connectivity index (χ4v) is 7.30. The lowest BCUT2D eigenvalue weighted by atomic mass is 9.81. The molecule has 4 heteroatoms. The van der Waals surface area contributed by atoms with E-state index in [4.69, 9.17) is 15.0 Å². The molecule has 5 aromatic carbocycles. The quantitative estimate of drug-likeness (QED) is 0.215. The summed E-state index contributed by atoms with van der Waals surface area (Å²) in [6, 6.07) is 44.6. The van der Waals surface area contributed by atoms with Gasteiger partial charge >= 0.3 is 0 Å². The lowest BCUT2D eigenvalue weighted by molar-refractivity contribution is 0.665. The van der Waals surface area contributed by atoms with Crippen molar-refractivity contribution in [1.82, 2.24) is 19.5 Å². The van der Waals surface area contributed by atoms with Crippen LogP contribution in [0.2, 0.25) is 0 Å². The van der Waals surface area contributed by atoms with Crippen LogP contribution in [-0.2, 0) is 5.41 Å². The zero-order valence-electron chi connectivity index (χ0n) is 24.5. The van der Waals surface area contributed by atoms with Crippen LogP contribution < -0.4 is 0 Å². The summed E-state index contributed by atoms with van der Waals surface area (Å²) in [6.45, 7) is 4.66. The highest BCUT2D eigenvalue weighted by molar-refractivity contribution is 6.26. The maximum Gasteiger partial charge on any atom is 0.162 e. The van der Waals surface area contributed by atoms with Gasteiger partial charge in [0.2, 0.25) is 0 Å². The highest BCUT2D eigenvalue weighted by Gasteiger charge is 2.40. The van der Waals surface area contributed by atoms with E-state index in [9.17, 15) is 0 Å². The first-order valence-corrected chi connectivity index (χ1v) is 15.1. The van der Waals surface area contributed by atoms with E-state index in [2.05, 4.69) is 122 Å². The Balaban J connectivity index is 1.50. The molecule has 0 radical (unpaired) electrons. The van der Waals surface area contributed by atoms with Crippen molar-refractivity contribution in [3.05, 3.63) is 145 Å². The molecule has 9 rings (SSSR count). The zero-order valence-corrected chi connectivity index (χ0v) is 24.5. The standard InChI is InChI=1S/C40H28N4/c1-40(2)30-21-11-9-18-27(30)35-36(40)37-29(20-13-23-41-37)34-28-19-10-12-22-32(28)44(38(34)35)33-24-31(25-14-5-3-6-15-25)42-39(43-33)26-16-7-4-8-17-26/h3-24H,1-2H3. The third-order valence-corrected chi connectivity index (χ3v) is 9.21. The molecule has 0 atom stereocenters. The van der Waals surface area contributed by atoms with Crippen molar-refractivity contribution in [3.63, 3.8) is 0 Å². The van der Waals surface area contributed by atoms with Crippen molar-refractivity contribution >= 4 is 32.7 Å². The Morgan fingerprint density at radius 1 is 0.636 bits per heavy atom. The van der Waals surface area contributed by atoms with E-state index in [-0.39, 0.29) is 5.41 Å². The first-order valence-electron chi connectivity index (χ1n) is 15.1. The van der Waals surface area contributed by atoms with Crippen LogP contribution in [0.25, 0.3) is 72.3 Å². The van der Waals surface area contributed by atoms with Crippen LogP contribution in [0.5, 0.6) is 0 Å². The predicted octanol–water partition coefficient (Wildman–Crippen LogP) is 9.76. The number of nitrogens with zero attached hydrogens (tertiary/aromatic N) is 4. The van der Waals surface area contributed by atoms with E-state index in [0.717, 1.165) is 44.6 Å². The topological polar surface area (TPSA) is 43.6 Å². The van der Waals surface area contributed by atoms with Crippen LogP contribution >= 0.6 is 0 Å². The van der Waals surface area contributed by atoms with Gasteiger partial charge in [-0.2, -0.15) is 0 Å². The SMILES string of the molecule is CC1(C)c2ccccc2-c2c1c1ncccc1c1c3ccccc3n(-c3cc(-c4ccccc4)nc(-c4ccccc4)n3)c21. The Hall–Kier alpha value is -5.61. The molecule has 208 valence electrons. The summed E-state index contributed by atoms with van der Waals surface area (Å²) in [6.07, 6.45) is 1.93. The zero-order chi connectivity index (χ0) is 29.4. The number of fused-ring (bicyclic) bond motifs is 10. The van der Waals surface area contributed by atoms with Crippen LogP contribution in [-0.4, -0.2) is 19.5 Å². The molecule has 0 saturated heterocycles. The first-order chi connectivity index (χ1) is 21.6. The van der Waals surface area contributed by atoms with Gasteiger partial charge in [0.15, 0.2) is 5.82 Å². The third kappa shape index (κ3) is 3.42. The summed E-state index contributed by atoms with van der Waals surface area (Å²) in [5, 5.41) is 3.56. The fraction of sp³-hybridized carbons (Fsp3) is 0.0750. The summed E-state index contributed by atoms with van der Waals surface area (Å²) in [5.41, 5.74) is 11.1. The number of hydrogen-bond donors (Lipinski definition) is 0. The van der Waals surface area contributed by atoms with Gasteiger partial charge in [-0.25, -0.2) is 9.97 Å². The minimum Gasteiger partial charge on any atom is -0.293 e. The number of aromatic nitrogens is 4. The van der Waals surface area contributed by atoms with Crippen molar-refractivity contribution in [3.8, 4) is 39.6 Å². The molecule has 8 aromatic rings. The van der Waals surface area contributed by atoms with Gasteiger partial charge in [0.05, 0.1) is 22.2 Å². The van der Waals surface area contributed by atoms with Crippen molar-refractivity contribution in [2.24, 2.45) is 0 Å². The number of rotatable bonds is 3. The molecule has 3 heterocycles. The molecule has 1 aliphatic rings. The number of hydrogen-bond acceptors (Lipinski definition) is 3. The van der Waals surface area contributed by atoms with Gasteiger partial charge in [0.25, 0.3) is 0 Å². The van der Waals surface area contributed by atoms with E-state index in [1.165, 1.54) is 33.0 Å². The lowest BCUT2D eigenvalue weighted by Crippen LogP contribution is -2.16. The van der Waals surface area contributed by atoms with Gasteiger partial charge < -0.3 is 0 Å². The normalized spacial score (nSPS) is 13.4. The minimum absolute atomic E-state index is 0.218. The van der Waals surface area contributed by atoms with E-state index < -0.39 is 0 Å². The second-order valence-corrected chi connectivity index (χ2v) is 12.1. The Labute approximate surface area is 255 Å². The molecular weight excluding hydrogens is 536 g/mol. The molecule has 44 heavy (non-hydrogen) atoms. The number of benzene rings is 5. The average molecular weight is 565 g/mol. The second kappa shape index (κ2) is 9.19. The van der Waals surface area contributed by atoms with Crippen LogP contribution in [0.1, 0.15) is 25.0 Å². The Kier molecular flexibility index (Phi) is 5.21. The Morgan fingerprint density at radius 3 is 2.14 bits per heavy atom. The molecular formula is C40H28N4. The van der Waals surface area contributed by atoms with Crippen LogP contribution in [0, 0.1) is 0 Å². The van der Waals surface area contributed by atoms with Gasteiger partial charge in [0.1, 0.15) is 5.82 Å². The van der Waals surface area contributed by atoms with Gasteiger partial charge in [-0.1, -0.05) is 123 Å². The lowest BCUT2D eigenvalue weighted by Gasteiger charge is -2.23. The highest BCUT2D eigenvalue weighted by Crippen LogP contribution is 2.55. The van der Waals surface area contributed by atoms with E-state index in [1.54, 1.807) is 0 Å². The summed E-state index contributed by atoms with van der Waals surface area (Å²) in [7, 11) is 0. The molecule has 0 spiro atoms. The third-order valence-electron chi connectivity index (χ3n) is 9.21. The van der Waals surface area contributed by atoms with Gasteiger partial charge in [-0.05, 0) is 28.8 Å². The van der Waals surface area contributed by atoms with E-state index in [0.29, 0.717) is 5.82 Å². The molecule has 1 aliphatic carbocycles. The molecule has 4 nitrogen and oxygen atoms in total. The average Bonchev–Trinajstić information content (AvgIpc) is 3.55. The monoisotopic (exact) mass is 564 g/mol. The van der Waals surface area contributed by atoms with Crippen molar-refractivity contribution in [2.75, 3.05) is 0 Å². The first kappa shape index (κ1) is 24.9. The van der Waals surface area contributed by atoms with Gasteiger partial charge in [-0.15, -0.1) is 0 Å². The number of para-hydroxylation sites is 1. The molecule has 0 bridgehead atoms. The molecule has 0 fully saturated rings. The smallest absolute Gasteiger partial charge is 0.162 e. The van der Waals surface area contributed by atoms with Crippen molar-refractivity contribution in [2.45, 2.75) is 19.3 Å². The summed E-state index contributed by atoms with van der Waals surface area (Å²) in [5.74, 6) is 1.55. The summed E-state index contributed by atoms with van der Waals surface area (Å²) < 4.78 is 2.37. The van der Waals surface area contributed by atoms with Crippen molar-refractivity contribution in [1.29, 1.82) is 0 Å². The molecule has 0 N–H and O–H groups in total. The van der Waals surface area contributed by atoms with Crippen LogP contribution in [0.15, 0.2) is 134 Å². The number of pyridine rings is 1. The maximum atomic E-state index is 5.31. The highest BCUT2D eigenvalue weighted by atomic mass is 15.1. The molecule has 0 amide bonds. The minimum atomic E-state index is -0.218. The van der Waals surface area contributed by atoms with Crippen LogP contribution in [0.4, 0.5) is 0 Å². The summed E-state index contributed by atoms with van der Waals surface area (Å²) >= 11 is 0. The predicted molar refractivity (Wildman–Crippen MR) is 180 cm³/mol. The van der Waals surface area contributed by atoms with Gasteiger partial charge in [0, 0.05) is 50.5 Å². The molecule has 0 saturated carbocycles. The van der Waals surface area contributed by atoms with Crippen LogP contribution in [0.3, 0.4) is 0 Å². The second-order valence-electron chi connectivity index (χ2n) is 12.1. The van der Waals surface area contributed by atoms with E-state index in [1.807, 2.05) is 30.5 Å². The Bertz CT molecular complexity index is 2350. The fourth-order valence-electron chi connectivity index (χ4n) is 7.30. The maximum absolute atomic E-state index is 5.31. The molecule has 0 unspecified atom stereocenters.